The third-order valence-corrected chi connectivity index (χ3v) is 2.12. The van der Waals surface area contributed by atoms with Crippen LogP contribution < -0.4 is 29.6 Å². The van der Waals surface area contributed by atoms with Gasteiger partial charge in [-0.2, -0.15) is 0 Å². The van der Waals surface area contributed by atoms with Crippen molar-refractivity contribution in [3.05, 3.63) is 0 Å². The minimum atomic E-state index is -1.95. The molecule has 0 aliphatic rings. The summed E-state index contributed by atoms with van der Waals surface area (Å²) < 4.78 is 24.9. The number of ether oxygens (including phenoxy) is 1. The van der Waals surface area contributed by atoms with Gasteiger partial charge >= 0.3 is 35.5 Å². The van der Waals surface area contributed by atoms with Gasteiger partial charge in [0.25, 0.3) is 0 Å². The molecular weight excluding hydrogens is 215 g/mol. The third kappa shape index (κ3) is 12.6. The predicted molar refractivity (Wildman–Crippen MR) is 48.9 cm³/mol. The van der Waals surface area contributed by atoms with Gasteiger partial charge in [-0.1, -0.05) is 17.5 Å². The number of carbonyl (C=O) groups excluding carboxylic acids is 1. The number of hydrogen-bond acceptors (Lipinski definition) is 4. The molecule has 0 aliphatic carbocycles. The van der Waals surface area contributed by atoms with E-state index in [0.29, 0.717) is 25.9 Å². The second-order valence-corrected chi connectivity index (χ2v) is 3.64. The summed E-state index contributed by atoms with van der Waals surface area (Å²) >= 11 is -1.95. The zero-order chi connectivity index (χ0) is 10.1. The smallest absolute Gasteiger partial charge is 0.772 e. The summed E-state index contributed by atoms with van der Waals surface area (Å²) in [5.74, 6) is -0.0197. The van der Waals surface area contributed by atoms with Gasteiger partial charge in [0.15, 0.2) is 0 Å². The number of rotatable bonds is 7. The molecule has 0 fully saturated rings. The van der Waals surface area contributed by atoms with Crippen LogP contribution in [-0.2, 0) is 20.6 Å². The monoisotopic (exact) mass is 230 g/mol. The Bertz CT molecular complexity index is 175. The van der Waals surface area contributed by atoms with Gasteiger partial charge < -0.3 is 9.29 Å². The summed E-state index contributed by atoms with van der Waals surface area (Å²) in [6, 6.07) is 0. The molecule has 0 N–H and O–H groups in total. The first-order valence-corrected chi connectivity index (χ1v) is 5.62. The maximum atomic E-state index is 10.8. The van der Waals surface area contributed by atoms with Gasteiger partial charge in [0.1, 0.15) is 0 Å². The predicted octanol–water partition coefficient (Wildman–Crippen LogP) is -2.01. The first-order valence-electron chi connectivity index (χ1n) is 4.38. The first-order chi connectivity index (χ1) is 6.16. The second-order valence-electron chi connectivity index (χ2n) is 2.62. The minimum Gasteiger partial charge on any atom is -0.772 e. The molecule has 0 saturated carbocycles. The molecule has 6 heteroatoms. The summed E-state index contributed by atoms with van der Waals surface area (Å²) in [6.07, 6.45) is 2.47. The van der Waals surface area contributed by atoms with Crippen molar-refractivity contribution in [2.75, 3.05) is 12.4 Å². The Morgan fingerprint density at radius 2 is 2.00 bits per heavy atom. The molecule has 0 aromatic rings. The Labute approximate surface area is 109 Å². The van der Waals surface area contributed by atoms with E-state index in [1.165, 1.54) is 0 Å². The number of unbranched alkanes of at least 4 members (excludes halogenated alkanes) is 2. The van der Waals surface area contributed by atoms with Gasteiger partial charge in [-0.25, -0.2) is 0 Å². The van der Waals surface area contributed by atoms with Gasteiger partial charge in [-0.15, -0.1) is 0 Å². The zero-order valence-electron chi connectivity index (χ0n) is 8.78. The molecule has 0 radical (unpaired) electrons. The molecule has 1 unspecified atom stereocenters. The fraction of sp³-hybridized carbons (Fsp3) is 0.875. The van der Waals surface area contributed by atoms with E-state index < -0.39 is 11.1 Å². The van der Waals surface area contributed by atoms with Gasteiger partial charge in [0.05, 0.1) is 6.61 Å². The molecule has 0 aromatic carbocycles. The zero-order valence-corrected chi connectivity index (χ0v) is 11.6. The molecule has 0 saturated heterocycles. The Morgan fingerprint density at radius 3 is 2.50 bits per heavy atom. The standard InChI is InChI=1S/C8H16O4S.Na/c1-2-12-8(9)6-4-3-5-7-13(10)11;/h2-7H2,1H3,(H,10,11);/q;+1/p-1. The number of hydrogen-bond donors (Lipinski definition) is 0. The van der Waals surface area contributed by atoms with Crippen molar-refractivity contribution < 1.29 is 47.9 Å². The SMILES string of the molecule is CCOC(=O)CCCCCS(=O)[O-].[Na+]. The molecule has 0 aromatic heterocycles. The van der Waals surface area contributed by atoms with Crippen LogP contribution in [0.25, 0.3) is 0 Å². The molecule has 0 heterocycles. The van der Waals surface area contributed by atoms with E-state index in [9.17, 15) is 13.6 Å². The third-order valence-electron chi connectivity index (χ3n) is 1.50. The quantitative estimate of drug-likeness (QED) is 0.219. The summed E-state index contributed by atoms with van der Waals surface area (Å²) in [5.41, 5.74) is 0. The van der Waals surface area contributed by atoms with Crippen LogP contribution in [0.2, 0.25) is 0 Å². The Hall–Kier alpha value is 0.580. The van der Waals surface area contributed by atoms with Crippen molar-refractivity contribution in [1.29, 1.82) is 0 Å². The van der Waals surface area contributed by atoms with Crippen LogP contribution in [0.1, 0.15) is 32.6 Å². The molecule has 0 bridgehead atoms. The normalized spacial score (nSPS) is 11.6. The van der Waals surface area contributed by atoms with Crippen LogP contribution in [0.15, 0.2) is 0 Å². The van der Waals surface area contributed by atoms with Crippen LogP contribution in [0.4, 0.5) is 0 Å². The van der Waals surface area contributed by atoms with E-state index in [4.69, 9.17) is 4.74 Å². The fourth-order valence-corrected chi connectivity index (χ4v) is 1.34. The van der Waals surface area contributed by atoms with Gasteiger partial charge in [0.2, 0.25) is 0 Å². The molecule has 78 valence electrons. The average Bonchev–Trinajstić information content (AvgIpc) is 2.03. The molecule has 1 atom stereocenters. The molecular formula is C8H15NaO4S. The van der Waals surface area contributed by atoms with Crippen molar-refractivity contribution in [3.8, 4) is 0 Å². The number of carbonyl (C=O) groups is 1. The molecule has 0 amide bonds. The molecule has 0 spiro atoms. The molecule has 14 heavy (non-hydrogen) atoms. The maximum Gasteiger partial charge on any atom is 1.00 e. The summed E-state index contributed by atoms with van der Waals surface area (Å²) in [6.45, 7) is 2.17. The molecule has 0 aliphatic heterocycles. The van der Waals surface area contributed by atoms with Crippen LogP contribution in [0, 0.1) is 0 Å². The fourth-order valence-electron chi connectivity index (χ4n) is 0.899. The van der Waals surface area contributed by atoms with Crippen LogP contribution in [0.3, 0.4) is 0 Å². The Morgan fingerprint density at radius 1 is 1.36 bits per heavy atom. The van der Waals surface area contributed by atoms with E-state index in [1.807, 2.05) is 0 Å². The summed E-state index contributed by atoms with van der Waals surface area (Å²) in [5, 5.41) is 0. The minimum absolute atomic E-state index is 0. The van der Waals surface area contributed by atoms with Crippen LogP contribution in [0.5, 0.6) is 0 Å². The molecule has 4 nitrogen and oxygen atoms in total. The Balaban J connectivity index is 0. The maximum absolute atomic E-state index is 10.8. The van der Waals surface area contributed by atoms with Crippen molar-refractivity contribution in [2.45, 2.75) is 32.6 Å². The van der Waals surface area contributed by atoms with Crippen molar-refractivity contribution >= 4 is 17.0 Å². The average molecular weight is 230 g/mol. The van der Waals surface area contributed by atoms with Gasteiger partial charge in [-0.3, -0.25) is 9.00 Å². The van der Waals surface area contributed by atoms with E-state index >= 15 is 0 Å². The first kappa shape index (κ1) is 17.0. The number of esters is 1. The van der Waals surface area contributed by atoms with Crippen LogP contribution >= 0.6 is 0 Å². The van der Waals surface area contributed by atoms with E-state index in [0.717, 1.165) is 6.42 Å². The van der Waals surface area contributed by atoms with Crippen molar-refractivity contribution in [3.63, 3.8) is 0 Å². The molecule has 0 rings (SSSR count). The van der Waals surface area contributed by atoms with Gasteiger partial charge in [0, 0.05) is 12.2 Å². The van der Waals surface area contributed by atoms with Crippen molar-refractivity contribution in [1.82, 2.24) is 0 Å². The topological polar surface area (TPSA) is 66.4 Å². The Kier molecular flexibility index (Phi) is 14.1. The van der Waals surface area contributed by atoms with Gasteiger partial charge in [-0.05, 0) is 19.8 Å². The van der Waals surface area contributed by atoms with E-state index in [2.05, 4.69) is 0 Å². The van der Waals surface area contributed by atoms with Crippen molar-refractivity contribution in [2.24, 2.45) is 0 Å². The largest absolute Gasteiger partial charge is 1.00 e. The second kappa shape index (κ2) is 11.7. The summed E-state index contributed by atoms with van der Waals surface area (Å²) in [7, 11) is 0. The van der Waals surface area contributed by atoms with E-state index in [-0.39, 0.29) is 41.3 Å². The summed E-state index contributed by atoms with van der Waals surface area (Å²) in [4.78, 5) is 10.8. The van der Waals surface area contributed by atoms with E-state index in [1.54, 1.807) is 6.92 Å². The van der Waals surface area contributed by atoms with Crippen LogP contribution in [-0.4, -0.2) is 27.1 Å².